The van der Waals surface area contributed by atoms with Crippen LogP contribution in [0.15, 0.2) is 38.6 Å². The first kappa shape index (κ1) is 16.1. The number of benzene rings is 1. The summed E-state index contributed by atoms with van der Waals surface area (Å²) in [6.07, 6.45) is 1.11. The van der Waals surface area contributed by atoms with Crippen LogP contribution in [0.5, 0.6) is 0 Å². The minimum Gasteiger partial charge on any atom is -0.326 e. The summed E-state index contributed by atoms with van der Waals surface area (Å²) >= 11 is 9.02. The monoisotopic (exact) mass is 390 g/mol. The molecular formula is C13H12BrClN2O3S. The van der Waals surface area contributed by atoms with Gasteiger partial charge in [0.2, 0.25) is 0 Å². The van der Waals surface area contributed by atoms with Crippen molar-refractivity contribution in [2.45, 2.75) is 18.7 Å². The van der Waals surface area contributed by atoms with Crippen LogP contribution in [-0.4, -0.2) is 13.4 Å². The van der Waals surface area contributed by atoms with Crippen molar-refractivity contribution in [3.05, 3.63) is 55.4 Å². The van der Waals surface area contributed by atoms with Crippen LogP contribution >= 0.6 is 27.5 Å². The summed E-state index contributed by atoms with van der Waals surface area (Å²) in [6.45, 7) is 3.60. The number of pyridine rings is 1. The summed E-state index contributed by atoms with van der Waals surface area (Å²) in [7, 11) is -3.83. The lowest BCUT2D eigenvalue weighted by molar-refractivity contribution is 0.600. The van der Waals surface area contributed by atoms with Crippen molar-refractivity contribution >= 4 is 43.2 Å². The van der Waals surface area contributed by atoms with Gasteiger partial charge in [0, 0.05) is 10.7 Å². The van der Waals surface area contributed by atoms with Gasteiger partial charge in [-0.05, 0) is 43.2 Å². The fourth-order valence-electron chi connectivity index (χ4n) is 1.86. The number of nitrogens with one attached hydrogen (secondary N) is 2. The average Bonchev–Trinajstić information content (AvgIpc) is 2.37. The molecule has 1 heterocycles. The number of aromatic amines is 1. The zero-order valence-corrected chi connectivity index (χ0v) is 14.4. The Morgan fingerprint density at radius 2 is 1.76 bits per heavy atom. The predicted molar refractivity (Wildman–Crippen MR) is 86.5 cm³/mol. The van der Waals surface area contributed by atoms with E-state index in [0.29, 0.717) is 5.69 Å². The third-order valence-electron chi connectivity index (χ3n) is 2.88. The van der Waals surface area contributed by atoms with Gasteiger partial charge >= 0.3 is 0 Å². The van der Waals surface area contributed by atoms with Gasteiger partial charge in [-0.15, -0.1) is 0 Å². The van der Waals surface area contributed by atoms with E-state index in [2.05, 4.69) is 25.6 Å². The first-order valence-electron chi connectivity index (χ1n) is 5.88. The lowest BCUT2D eigenvalue weighted by Gasteiger charge is -2.14. The molecule has 0 aliphatic heterocycles. The molecular weight excluding hydrogens is 380 g/mol. The first-order valence-corrected chi connectivity index (χ1v) is 8.54. The summed E-state index contributed by atoms with van der Waals surface area (Å²) in [5.74, 6) is 0. The SMILES string of the molecule is Cc1cc(Br)cc(C)c1NS(=O)(=O)c1c[nH]c(=O)c(Cl)c1. The van der Waals surface area contributed by atoms with Gasteiger partial charge in [-0.2, -0.15) is 0 Å². The third-order valence-corrected chi connectivity index (χ3v) is 4.94. The Morgan fingerprint density at radius 3 is 2.29 bits per heavy atom. The first-order chi connectivity index (χ1) is 9.70. The third kappa shape index (κ3) is 3.48. The number of aryl methyl sites for hydroxylation is 2. The van der Waals surface area contributed by atoms with Crippen LogP contribution in [0.25, 0.3) is 0 Å². The number of halogens is 2. The van der Waals surface area contributed by atoms with E-state index >= 15 is 0 Å². The second-order valence-electron chi connectivity index (χ2n) is 4.53. The molecule has 0 amide bonds. The number of aromatic nitrogens is 1. The van der Waals surface area contributed by atoms with E-state index < -0.39 is 15.6 Å². The molecule has 0 spiro atoms. The van der Waals surface area contributed by atoms with Crippen molar-refractivity contribution in [3.63, 3.8) is 0 Å². The normalized spacial score (nSPS) is 11.4. The molecule has 0 bridgehead atoms. The number of hydrogen-bond acceptors (Lipinski definition) is 3. The molecule has 0 unspecified atom stereocenters. The molecule has 0 aliphatic rings. The maximum absolute atomic E-state index is 12.4. The fourth-order valence-corrected chi connectivity index (χ4v) is 3.98. The average molecular weight is 392 g/mol. The highest BCUT2D eigenvalue weighted by atomic mass is 79.9. The van der Waals surface area contributed by atoms with Crippen molar-refractivity contribution < 1.29 is 8.42 Å². The van der Waals surface area contributed by atoms with Gasteiger partial charge in [-0.1, -0.05) is 27.5 Å². The number of anilines is 1. The molecule has 21 heavy (non-hydrogen) atoms. The second kappa shape index (κ2) is 5.82. The Bertz CT molecular complexity index is 839. The van der Waals surface area contributed by atoms with Crippen LogP contribution in [0.1, 0.15) is 11.1 Å². The summed E-state index contributed by atoms with van der Waals surface area (Å²) in [4.78, 5) is 13.4. The molecule has 0 saturated carbocycles. The molecule has 8 heteroatoms. The van der Waals surface area contributed by atoms with E-state index in [1.807, 2.05) is 12.1 Å². The molecule has 5 nitrogen and oxygen atoms in total. The number of H-pyrrole nitrogens is 1. The second-order valence-corrected chi connectivity index (χ2v) is 7.54. The van der Waals surface area contributed by atoms with Crippen LogP contribution in [-0.2, 0) is 10.0 Å². The molecule has 1 aromatic carbocycles. The Balaban J connectivity index is 2.47. The maximum Gasteiger partial charge on any atom is 0.266 e. The highest BCUT2D eigenvalue weighted by Gasteiger charge is 2.18. The molecule has 0 aliphatic carbocycles. The molecule has 2 rings (SSSR count). The van der Waals surface area contributed by atoms with Crippen molar-refractivity contribution in [1.82, 2.24) is 4.98 Å². The fraction of sp³-hybridized carbons (Fsp3) is 0.154. The maximum atomic E-state index is 12.4. The Labute approximate surface area is 135 Å². The number of hydrogen-bond donors (Lipinski definition) is 2. The van der Waals surface area contributed by atoms with Gasteiger partial charge in [-0.3, -0.25) is 9.52 Å². The van der Waals surface area contributed by atoms with Crippen molar-refractivity contribution in [2.75, 3.05) is 4.72 Å². The van der Waals surface area contributed by atoms with Gasteiger partial charge in [0.25, 0.3) is 15.6 Å². The van der Waals surface area contributed by atoms with Crippen LogP contribution in [0, 0.1) is 13.8 Å². The molecule has 0 atom stereocenters. The van der Waals surface area contributed by atoms with E-state index in [1.54, 1.807) is 13.8 Å². The molecule has 1 aromatic heterocycles. The molecule has 0 saturated heterocycles. The largest absolute Gasteiger partial charge is 0.326 e. The van der Waals surface area contributed by atoms with Crippen molar-refractivity contribution in [3.8, 4) is 0 Å². The van der Waals surface area contributed by atoms with Gasteiger partial charge < -0.3 is 4.98 Å². The summed E-state index contributed by atoms with van der Waals surface area (Å²) in [6, 6.07) is 4.74. The van der Waals surface area contributed by atoms with Gasteiger partial charge in [-0.25, -0.2) is 8.42 Å². The van der Waals surface area contributed by atoms with E-state index in [0.717, 1.165) is 27.9 Å². The molecule has 2 aromatic rings. The molecule has 0 radical (unpaired) electrons. The Kier molecular flexibility index (Phi) is 4.46. The lowest BCUT2D eigenvalue weighted by atomic mass is 10.1. The zero-order chi connectivity index (χ0) is 15.8. The lowest BCUT2D eigenvalue weighted by Crippen LogP contribution is -2.17. The predicted octanol–water partition coefficient (Wildman–Crippen LogP) is 3.21. The number of rotatable bonds is 3. The highest BCUT2D eigenvalue weighted by Crippen LogP contribution is 2.27. The molecule has 0 fully saturated rings. The van der Waals surface area contributed by atoms with Crippen molar-refractivity contribution in [1.29, 1.82) is 0 Å². The van der Waals surface area contributed by atoms with E-state index in [9.17, 15) is 13.2 Å². The summed E-state index contributed by atoms with van der Waals surface area (Å²) in [5.41, 5.74) is 1.52. The standard InChI is InChI=1S/C13H12BrClN2O3S/c1-7-3-9(14)4-8(2)12(7)17-21(19,20)10-5-11(15)13(18)16-6-10/h3-6,17H,1-2H3,(H,16,18). The van der Waals surface area contributed by atoms with E-state index in [1.165, 1.54) is 0 Å². The van der Waals surface area contributed by atoms with Crippen LogP contribution < -0.4 is 10.3 Å². The smallest absolute Gasteiger partial charge is 0.266 e. The Morgan fingerprint density at radius 1 is 1.19 bits per heavy atom. The molecule has 2 N–H and O–H groups in total. The quantitative estimate of drug-likeness (QED) is 0.843. The van der Waals surface area contributed by atoms with Gasteiger partial charge in [0.15, 0.2) is 0 Å². The molecule has 112 valence electrons. The van der Waals surface area contributed by atoms with Gasteiger partial charge in [0.1, 0.15) is 9.92 Å². The summed E-state index contributed by atoms with van der Waals surface area (Å²) in [5, 5.41) is -0.179. The van der Waals surface area contributed by atoms with Crippen LogP contribution in [0.2, 0.25) is 5.02 Å². The van der Waals surface area contributed by atoms with Gasteiger partial charge in [0.05, 0.1) is 5.69 Å². The van der Waals surface area contributed by atoms with Crippen molar-refractivity contribution in [2.24, 2.45) is 0 Å². The minimum absolute atomic E-state index is 0.103. The Hall–Kier alpha value is -1.31. The van der Waals surface area contributed by atoms with E-state index in [4.69, 9.17) is 11.6 Å². The topological polar surface area (TPSA) is 79.0 Å². The van der Waals surface area contributed by atoms with Crippen LogP contribution in [0.4, 0.5) is 5.69 Å². The minimum atomic E-state index is -3.83. The summed E-state index contributed by atoms with van der Waals surface area (Å²) < 4.78 is 28.1. The van der Waals surface area contributed by atoms with Crippen LogP contribution in [0.3, 0.4) is 0 Å². The van der Waals surface area contributed by atoms with E-state index in [-0.39, 0.29) is 9.92 Å². The number of sulfonamides is 1. The zero-order valence-electron chi connectivity index (χ0n) is 11.2. The highest BCUT2D eigenvalue weighted by molar-refractivity contribution is 9.10.